The van der Waals surface area contributed by atoms with Crippen LogP contribution in [0.3, 0.4) is 0 Å². The van der Waals surface area contributed by atoms with Crippen molar-refractivity contribution in [3.63, 3.8) is 0 Å². The first kappa shape index (κ1) is 20.9. The molecule has 1 aromatic heterocycles. The minimum Gasteiger partial charge on any atom is -0.497 e. The maximum Gasteiger partial charge on any atom is 0.276 e. The molecule has 0 saturated carbocycles. The molecule has 1 aliphatic rings. The smallest absolute Gasteiger partial charge is 0.276 e. The minimum absolute atomic E-state index is 0.0986. The van der Waals surface area contributed by atoms with Gasteiger partial charge in [-0.3, -0.25) is 9.78 Å². The molecule has 0 bridgehead atoms. The van der Waals surface area contributed by atoms with Gasteiger partial charge in [0.25, 0.3) is 5.91 Å². The van der Waals surface area contributed by atoms with E-state index in [1.807, 2.05) is 42.2 Å². The highest BCUT2D eigenvalue weighted by molar-refractivity contribution is 6.05. The molecule has 1 amide bonds. The van der Waals surface area contributed by atoms with E-state index in [4.69, 9.17) is 9.47 Å². The van der Waals surface area contributed by atoms with Gasteiger partial charge in [-0.15, -0.1) is 0 Å². The summed E-state index contributed by atoms with van der Waals surface area (Å²) >= 11 is 0. The Kier molecular flexibility index (Phi) is 6.21. The number of hydrogen-bond donors (Lipinski definition) is 0. The second kappa shape index (κ2) is 9.21. The fraction of sp³-hybridized carbons (Fsp3) is 0.308. The normalized spacial score (nSPS) is 15.1. The van der Waals surface area contributed by atoms with Gasteiger partial charge in [-0.25, -0.2) is 0 Å². The van der Waals surface area contributed by atoms with Crippen LogP contribution in [0.2, 0.25) is 0 Å². The van der Waals surface area contributed by atoms with Crippen molar-refractivity contribution < 1.29 is 14.3 Å². The summed E-state index contributed by atoms with van der Waals surface area (Å²) in [5.74, 6) is 1.87. The van der Waals surface area contributed by atoms with Crippen LogP contribution in [0, 0.1) is 0 Å². The molecule has 0 N–H and O–H groups in total. The van der Waals surface area contributed by atoms with E-state index in [-0.39, 0.29) is 5.91 Å². The molecule has 5 nitrogen and oxygen atoms in total. The van der Waals surface area contributed by atoms with Crippen LogP contribution in [0.1, 0.15) is 46.4 Å². The lowest BCUT2D eigenvalue weighted by molar-refractivity contribution is 0.0983. The van der Waals surface area contributed by atoms with Gasteiger partial charge >= 0.3 is 0 Å². The number of ether oxygens (including phenoxy) is 2. The van der Waals surface area contributed by atoms with Crippen molar-refractivity contribution >= 4 is 11.6 Å². The molecule has 0 aliphatic heterocycles. The Morgan fingerprint density at radius 1 is 1.03 bits per heavy atom. The molecule has 3 aromatic rings. The van der Waals surface area contributed by atoms with Crippen LogP contribution in [-0.2, 0) is 12.8 Å². The van der Waals surface area contributed by atoms with Gasteiger partial charge in [0.1, 0.15) is 17.2 Å². The first-order valence-corrected chi connectivity index (χ1v) is 10.7. The molecule has 1 aliphatic carbocycles. The van der Waals surface area contributed by atoms with Crippen molar-refractivity contribution in [2.75, 3.05) is 25.7 Å². The Morgan fingerprint density at radius 3 is 2.52 bits per heavy atom. The minimum atomic E-state index is -0.0986. The number of methoxy groups -OCH3 is 2. The van der Waals surface area contributed by atoms with Crippen molar-refractivity contribution in [2.24, 2.45) is 0 Å². The first-order chi connectivity index (χ1) is 15.1. The third kappa shape index (κ3) is 4.26. The number of anilines is 1. The van der Waals surface area contributed by atoms with Crippen LogP contribution in [0.25, 0.3) is 0 Å². The van der Waals surface area contributed by atoms with E-state index in [0.717, 1.165) is 36.4 Å². The molecule has 4 rings (SSSR count). The number of fused-ring (bicyclic) bond motifs is 1. The molecule has 31 heavy (non-hydrogen) atoms. The summed E-state index contributed by atoms with van der Waals surface area (Å²) in [6.45, 7) is 2.54. The largest absolute Gasteiger partial charge is 0.497 e. The van der Waals surface area contributed by atoms with Crippen LogP contribution in [0.4, 0.5) is 5.69 Å². The lowest BCUT2D eigenvalue weighted by Crippen LogP contribution is -2.32. The monoisotopic (exact) mass is 416 g/mol. The Hall–Kier alpha value is -3.34. The molecule has 1 heterocycles. The Bertz CT molecular complexity index is 1070. The van der Waals surface area contributed by atoms with Gasteiger partial charge in [-0.05, 0) is 79.1 Å². The third-order valence-electron chi connectivity index (χ3n) is 6.06. The Morgan fingerprint density at radius 2 is 1.81 bits per heavy atom. The number of carbonyl (C=O) groups is 1. The van der Waals surface area contributed by atoms with Crippen LogP contribution >= 0.6 is 0 Å². The number of aromatic nitrogens is 1. The van der Waals surface area contributed by atoms with Crippen molar-refractivity contribution in [2.45, 2.75) is 32.1 Å². The zero-order valence-electron chi connectivity index (χ0n) is 18.3. The zero-order valence-corrected chi connectivity index (χ0v) is 18.3. The second-order valence-corrected chi connectivity index (χ2v) is 7.76. The van der Waals surface area contributed by atoms with Gasteiger partial charge in [-0.2, -0.15) is 0 Å². The second-order valence-electron chi connectivity index (χ2n) is 7.76. The summed E-state index contributed by atoms with van der Waals surface area (Å²) in [7, 11) is 3.36. The number of carbonyl (C=O) groups excluding carboxylic acids is 1. The molecule has 1 atom stereocenters. The number of amides is 1. The van der Waals surface area contributed by atoms with Crippen LogP contribution in [0.5, 0.6) is 11.5 Å². The van der Waals surface area contributed by atoms with Gasteiger partial charge < -0.3 is 14.4 Å². The van der Waals surface area contributed by atoms with E-state index in [9.17, 15) is 4.79 Å². The van der Waals surface area contributed by atoms with Gasteiger partial charge in [0.05, 0.1) is 19.9 Å². The summed E-state index contributed by atoms with van der Waals surface area (Å²) in [5, 5.41) is 0. The summed E-state index contributed by atoms with van der Waals surface area (Å²) in [6.07, 6.45) is 4.60. The quantitative estimate of drug-likeness (QED) is 0.565. The fourth-order valence-corrected chi connectivity index (χ4v) is 4.40. The number of nitrogens with zero attached hydrogens (tertiary/aromatic N) is 2. The molecule has 0 spiro atoms. The van der Waals surface area contributed by atoms with E-state index in [0.29, 0.717) is 18.2 Å². The van der Waals surface area contributed by atoms with Crippen LogP contribution < -0.4 is 14.4 Å². The van der Waals surface area contributed by atoms with Crippen molar-refractivity contribution in [1.82, 2.24) is 4.98 Å². The molecular weight excluding hydrogens is 388 g/mol. The molecule has 0 fully saturated rings. The summed E-state index contributed by atoms with van der Waals surface area (Å²) in [4.78, 5) is 19.4. The number of pyridine rings is 1. The fourth-order valence-electron chi connectivity index (χ4n) is 4.40. The predicted octanol–water partition coefficient (Wildman–Crippen LogP) is 5.04. The number of benzene rings is 2. The standard InChI is InChI=1S/C26H28N2O3/c1-4-28(26(29)24-7-5-6-14-27-24)25-17-22(31-3)12-13-23(25)20-9-8-19-16-21(30-2)11-10-18(19)15-20/h5-7,10-14,16-17,20H,4,8-9,15H2,1-3H3. The maximum atomic E-state index is 13.3. The highest BCUT2D eigenvalue weighted by Gasteiger charge is 2.27. The average Bonchev–Trinajstić information content (AvgIpc) is 2.84. The van der Waals surface area contributed by atoms with Crippen molar-refractivity contribution in [3.8, 4) is 11.5 Å². The SMILES string of the molecule is CCN(C(=O)c1ccccn1)c1cc(OC)ccc1C1CCc2cc(OC)ccc2C1. The summed E-state index contributed by atoms with van der Waals surface area (Å²) < 4.78 is 10.9. The number of aryl methyl sites for hydroxylation is 1. The lowest BCUT2D eigenvalue weighted by atomic mass is 9.79. The topological polar surface area (TPSA) is 51.7 Å². The van der Waals surface area contributed by atoms with Gasteiger partial charge in [-0.1, -0.05) is 18.2 Å². The predicted molar refractivity (Wildman–Crippen MR) is 122 cm³/mol. The van der Waals surface area contributed by atoms with E-state index in [1.165, 1.54) is 16.7 Å². The maximum absolute atomic E-state index is 13.3. The molecule has 160 valence electrons. The first-order valence-electron chi connectivity index (χ1n) is 10.7. The number of rotatable bonds is 6. The van der Waals surface area contributed by atoms with Gasteiger partial charge in [0.2, 0.25) is 0 Å². The zero-order chi connectivity index (χ0) is 21.8. The van der Waals surface area contributed by atoms with Crippen molar-refractivity contribution in [1.29, 1.82) is 0 Å². The molecule has 2 aromatic carbocycles. The molecule has 0 radical (unpaired) electrons. The Labute approximate surface area is 183 Å². The molecular formula is C26H28N2O3. The van der Waals surface area contributed by atoms with Crippen LogP contribution in [0.15, 0.2) is 60.8 Å². The lowest BCUT2D eigenvalue weighted by Gasteiger charge is -2.31. The molecule has 0 saturated heterocycles. The van der Waals surface area contributed by atoms with Crippen LogP contribution in [-0.4, -0.2) is 31.7 Å². The van der Waals surface area contributed by atoms with Gasteiger partial charge in [0.15, 0.2) is 0 Å². The number of hydrogen-bond acceptors (Lipinski definition) is 4. The highest BCUT2D eigenvalue weighted by Crippen LogP contribution is 2.40. The van der Waals surface area contributed by atoms with E-state index in [2.05, 4.69) is 23.2 Å². The average molecular weight is 417 g/mol. The van der Waals surface area contributed by atoms with Gasteiger partial charge in [0, 0.05) is 18.8 Å². The molecule has 5 heteroatoms. The van der Waals surface area contributed by atoms with Crippen molar-refractivity contribution in [3.05, 3.63) is 83.2 Å². The highest BCUT2D eigenvalue weighted by atomic mass is 16.5. The van der Waals surface area contributed by atoms with E-state index < -0.39 is 0 Å². The van der Waals surface area contributed by atoms with E-state index in [1.54, 1.807) is 26.5 Å². The van der Waals surface area contributed by atoms with E-state index >= 15 is 0 Å². The molecule has 1 unspecified atom stereocenters. The summed E-state index contributed by atoms with van der Waals surface area (Å²) in [5.41, 5.74) is 5.22. The Balaban J connectivity index is 1.71. The third-order valence-corrected chi connectivity index (χ3v) is 6.06. The summed E-state index contributed by atoms with van der Waals surface area (Å²) in [6, 6.07) is 17.8.